The topological polar surface area (TPSA) is 85.7 Å². The van der Waals surface area contributed by atoms with Gasteiger partial charge >= 0.3 is 0 Å². The third kappa shape index (κ3) is 1.83. The summed E-state index contributed by atoms with van der Waals surface area (Å²) in [6.45, 7) is 0. The molecule has 3 rings (SSSR count). The average molecular weight is 256 g/mol. The van der Waals surface area contributed by atoms with Crippen molar-refractivity contribution in [3.8, 4) is 22.9 Å². The van der Waals surface area contributed by atoms with Gasteiger partial charge in [0.2, 0.25) is 0 Å². The van der Waals surface area contributed by atoms with E-state index >= 15 is 0 Å². The van der Waals surface area contributed by atoms with Gasteiger partial charge in [0.15, 0.2) is 23.0 Å². The van der Waals surface area contributed by atoms with E-state index in [1.165, 1.54) is 7.11 Å². The van der Waals surface area contributed by atoms with Crippen LogP contribution in [0.4, 0.5) is 5.69 Å². The van der Waals surface area contributed by atoms with Crippen molar-refractivity contribution in [1.82, 2.24) is 14.6 Å². The predicted molar refractivity (Wildman–Crippen MR) is 71.1 cm³/mol. The normalized spacial score (nSPS) is 10.8. The van der Waals surface area contributed by atoms with Gasteiger partial charge in [-0.3, -0.25) is 0 Å². The monoisotopic (exact) mass is 256 g/mol. The smallest absolute Gasteiger partial charge is 0.182 e. The fraction of sp³-hybridized carbons (Fsp3) is 0.0769. The van der Waals surface area contributed by atoms with Gasteiger partial charge in [-0.15, -0.1) is 5.10 Å². The van der Waals surface area contributed by atoms with Gasteiger partial charge in [0, 0.05) is 11.8 Å². The molecule has 0 unspecified atom stereocenters. The Labute approximate surface area is 109 Å². The van der Waals surface area contributed by atoms with Gasteiger partial charge in [-0.25, -0.2) is 9.50 Å². The molecule has 0 fully saturated rings. The van der Waals surface area contributed by atoms with Crippen molar-refractivity contribution in [2.75, 3.05) is 12.8 Å². The Balaban J connectivity index is 2.16. The van der Waals surface area contributed by atoms with E-state index in [4.69, 9.17) is 10.5 Å². The lowest BCUT2D eigenvalue weighted by Gasteiger charge is -2.03. The van der Waals surface area contributed by atoms with Crippen LogP contribution in [0, 0.1) is 0 Å². The second-order valence-corrected chi connectivity index (χ2v) is 4.05. The molecule has 0 saturated heterocycles. The molecule has 19 heavy (non-hydrogen) atoms. The van der Waals surface area contributed by atoms with Gasteiger partial charge in [0.1, 0.15) is 0 Å². The number of anilines is 1. The van der Waals surface area contributed by atoms with Gasteiger partial charge in [-0.05, 0) is 30.3 Å². The van der Waals surface area contributed by atoms with Crippen molar-refractivity contribution >= 4 is 11.3 Å². The molecular formula is C13H12N4O2. The standard InChI is InChI=1S/C13H12N4O2/c1-19-11-7-8(4-5-10(11)18)12-15-13-9(14)3-2-6-17(13)16-12/h2-7,18H,14H2,1H3. The highest BCUT2D eigenvalue weighted by atomic mass is 16.5. The number of pyridine rings is 1. The number of rotatable bonds is 2. The molecule has 2 aromatic heterocycles. The Morgan fingerprint density at radius 1 is 1.32 bits per heavy atom. The number of phenols is 1. The van der Waals surface area contributed by atoms with Crippen LogP contribution >= 0.6 is 0 Å². The highest BCUT2D eigenvalue weighted by molar-refractivity contribution is 5.69. The van der Waals surface area contributed by atoms with Crippen molar-refractivity contribution in [3.05, 3.63) is 36.5 Å². The second kappa shape index (κ2) is 4.16. The highest BCUT2D eigenvalue weighted by Gasteiger charge is 2.10. The third-order valence-electron chi connectivity index (χ3n) is 2.83. The van der Waals surface area contributed by atoms with E-state index in [2.05, 4.69) is 10.1 Å². The van der Waals surface area contributed by atoms with Crippen LogP contribution in [0.25, 0.3) is 17.0 Å². The molecule has 0 bridgehead atoms. The molecule has 1 aromatic carbocycles. The zero-order valence-electron chi connectivity index (χ0n) is 10.2. The minimum Gasteiger partial charge on any atom is -0.504 e. The average Bonchev–Trinajstić information content (AvgIpc) is 2.85. The molecule has 0 amide bonds. The van der Waals surface area contributed by atoms with Crippen LogP contribution in [0.5, 0.6) is 11.5 Å². The Kier molecular flexibility index (Phi) is 2.49. The lowest BCUT2D eigenvalue weighted by Crippen LogP contribution is -1.92. The van der Waals surface area contributed by atoms with E-state index < -0.39 is 0 Å². The lowest BCUT2D eigenvalue weighted by atomic mass is 10.2. The van der Waals surface area contributed by atoms with Crippen molar-refractivity contribution in [3.63, 3.8) is 0 Å². The van der Waals surface area contributed by atoms with Crippen molar-refractivity contribution < 1.29 is 9.84 Å². The molecule has 0 saturated carbocycles. The molecular weight excluding hydrogens is 244 g/mol. The number of nitrogens with zero attached hydrogens (tertiary/aromatic N) is 3. The van der Waals surface area contributed by atoms with Crippen LogP contribution in [-0.2, 0) is 0 Å². The van der Waals surface area contributed by atoms with Crippen LogP contribution in [0.2, 0.25) is 0 Å². The lowest BCUT2D eigenvalue weighted by molar-refractivity contribution is 0.373. The minimum atomic E-state index is 0.0783. The summed E-state index contributed by atoms with van der Waals surface area (Å²) in [5.41, 5.74) is 7.75. The molecule has 0 aliphatic heterocycles. The van der Waals surface area contributed by atoms with E-state index in [0.29, 0.717) is 22.9 Å². The first-order valence-corrected chi connectivity index (χ1v) is 5.67. The maximum absolute atomic E-state index is 9.57. The molecule has 2 heterocycles. The number of hydrogen-bond donors (Lipinski definition) is 2. The first-order valence-electron chi connectivity index (χ1n) is 5.67. The fourth-order valence-electron chi connectivity index (χ4n) is 1.87. The predicted octanol–water partition coefficient (Wildman–Crippen LogP) is 1.69. The first kappa shape index (κ1) is 11.3. The van der Waals surface area contributed by atoms with Gasteiger partial charge < -0.3 is 15.6 Å². The largest absolute Gasteiger partial charge is 0.504 e. The summed E-state index contributed by atoms with van der Waals surface area (Å²) in [6.07, 6.45) is 1.78. The Morgan fingerprint density at radius 3 is 2.89 bits per heavy atom. The molecule has 3 aromatic rings. The molecule has 0 atom stereocenters. The van der Waals surface area contributed by atoms with Crippen LogP contribution in [0.15, 0.2) is 36.5 Å². The van der Waals surface area contributed by atoms with Gasteiger partial charge in [0.05, 0.1) is 12.8 Å². The Morgan fingerprint density at radius 2 is 2.16 bits per heavy atom. The maximum Gasteiger partial charge on any atom is 0.182 e. The molecule has 0 aliphatic rings. The van der Waals surface area contributed by atoms with Crippen molar-refractivity contribution in [2.45, 2.75) is 0 Å². The summed E-state index contributed by atoms with van der Waals surface area (Å²) in [6, 6.07) is 8.52. The Hall–Kier alpha value is -2.76. The SMILES string of the molecule is COc1cc(-c2nc3c(N)cccn3n2)ccc1O. The minimum absolute atomic E-state index is 0.0783. The zero-order chi connectivity index (χ0) is 13.4. The fourth-order valence-corrected chi connectivity index (χ4v) is 1.87. The van der Waals surface area contributed by atoms with E-state index in [1.54, 1.807) is 41.0 Å². The van der Waals surface area contributed by atoms with Gasteiger partial charge in [-0.2, -0.15) is 0 Å². The van der Waals surface area contributed by atoms with Crippen molar-refractivity contribution in [2.24, 2.45) is 0 Å². The summed E-state index contributed by atoms with van der Waals surface area (Å²) < 4.78 is 6.68. The summed E-state index contributed by atoms with van der Waals surface area (Å²) in [7, 11) is 1.49. The van der Waals surface area contributed by atoms with Crippen molar-refractivity contribution in [1.29, 1.82) is 0 Å². The Bertz CT molecular complexity index is 751. The quantitative estimate of drug-likeness (QED) is 0.728. The summed E-state index contributed by atoms with van der Waals surface area (Å²) >= 11 is 0. The van der Waals surface area contributed by atoms with E-state index in [-0.39, 0.29) is 5.75 Å². The number of nitrogen functional groups attached to an aromatic ring is 1. The maximum atomic E-state index is 9.57. The number of aromatic hydroxyl groups is 1. The number of nitrogens with two attached hydrogens (primary N) is 1. The van der Waals surface area contributed by atoms with E-state index in [0.717, 1.165) is 5.56 Å². The number of benzene rings is 1. The van der Waals surface area contributed by atoms with E-state index in [1.807, 2.05) is 0 Å². The zero-order valence-corrected chi connectivity index (χ0v) is 10.2. The molecule has 3 N–H and O–H groups in total. The van der Waals surface area contributed by atoms with Crippen LogP contribution in [0.3, 0.4) is 0 Å². The molecule has 0 aliphatic carbocycles. The number of ether oxygens (including phenoxy) is 1. The third-order valence-corrected chi connectivity index (χ3v) is 2.83. The van der Waals surface area contributed by atoms with Gasteiger partial charge in [-0.1, -0.05) is 0 Å². The summed E-state index contributed by atoms with van der Waals surface area (Å²) in [5.74, 6) is 0.982. The summed E-state index contributed by atoms with van der Waals surface area (Å²) in [5, 5.41) is 13.9. The number of phenolic OH excluding ortho intramolecular Hbond substituents is 1. The number of hydrogen-bond acceptors (Lipinski definition) is 5. The highest BCUT2D eigenvalue weighted by Crippen LogP contribution is 2.30. The molecule has 6 heteroatoms. The van der Waals surface area contributed by atoms with Crippen LogP contribution in [0.1, 0.15) is 0 Å². The molecule has 0 spiro atoms. The van der Waals surface area contributed by atoms with Crippen LogP contribution in [-0.4, -0.2) is 26.8 Å². The van der Waals surface area contributed by atoms with Gasteiger partial charge in [0.25, 0.3) is 0 Å². The number of fused-ring (bicyclic) bond motifs is 1. The molecule has 6 nitrogen and oxygen atoms in total. The van der Waals surface area contributed by atoms with E-state index in [9.17, 15) is 5.11 Å². The molecule has 0 radical (unpaired) electrons. The first-order chi connectivity index (χ1) is 9.19. The number of aromatic nitrogens is 3. The molecule has 96 valence electrons. The summed E-state index contributed by atoms with van der Waals surface area (Å²) in [4.78, 5) is 4.38. The van der Waals surface area contributed by atoms with Crippen LogP contribution < -0.4 is 10.5 Å². The number of methoxy groups -OCH3 is 1. The second-order valence-electron chi connectivity index (χ2n) is 4.05.